The first-order valence-electron chi connectivity index (χ1n) is 9.78. The van der Waals surface area contributed by atoms with Gasteiger partial charge >= 0.3 is 0 Å². The van der Waals surface area contributed by atoms with Gasteiger partial charge in [-0.15, -0.1) is 24.0 Å². The molecule has 0 aromatic heterocycles. The third kappa shape index (κ3) is 9.09. The van der Waals surface area contributed by atoms with E-state index in [0.29, 0.717) is 26.2 Å². The molecular formula is C20H33IN4O3. The number of anilines is 1. The Morgan fingerprint density at radius 1 is 1.29 bits per heavy atom. The predicted octanol–water partition coefficient (Wildman–Crippen LogP) is 3.11. The lowest BCUT2D eigenvalue weighted by molar-refractivity contribution is -0.127. The molecule has 1 aromatic rings. The first-order chi connectivity index (χ1) is 13.2. The average molecular weight is 504 g/mol. The van der Waals surface area contributed by atoms with Gasteiger partial charge in [-0.2, -0.15) is 0 Å². The molecule has 8 heteroatoms. The Hall–Kier alpha value is -1.55. The summed E-state index contributed by atoms with van der Waals surface area (Å²) in [6, 6.07) is 7.84. The Bertz CT molecular complexity index is 613. The molecule has 0 radical (unpaired) electrons. The van der Waals surface area contributed by atoms with Crippen molar-refractivity contribution in [2.75, 3.05) is 51.8 Å². The molecule has 1 saturated heterocycles. The van der Waals surface area contributed by atoms with E-state index < -0.39 is 0 Å². The van der Waals surface area contributed by atoms with Gasteiger partial charge in [0.25, 0.3) is 0 Å². The van der Waals surface area contributed by atoms with E-state index >= 15 is 0 Å². The molecule has 0 saturated carbocycles. The maximum absolute atomic E-state index is 11.6. The van der Waals surface area contributed by atoms with Crippen LogP contribution in [0.1, 0.15) is 32.6 Å². The zero-order chi connectivity index (χ0) is 19.3. The SMILES string of the molecule is CCNC(=NCCCN1CCCC1=O)Nc1cccc(OCCCOC)c1.I. The van der Waals surface area contributed by atoms with Gasteiger partial charge in [-0.25, -0.2) is 0 Å². The molecule has 1 aliphatic heterocycles. The van der Waals surface area contributed by atoms with Crippen molar-refractivity contribution in [2.24, 2.45) is 4.99 Å². The van der Waals surface area contributed by atoms with E-state index in [1.165, 1.54) is 0 Å². The number of carbonyl (C=O) groups excluding carboxylic acids is 1. The van der Waals surface area contributed by atoms with Gasteiger partial charge < -0.3 is 25.0 Å². The zero-order valence-electron chi connectivity index (χ0n) is 16.9. The number of nitrogens with one attached hydrogen (secondary N) is 2. The Kier molecular flexibility index (Phi) is 12.6. The molecule has 1 aliphatic rings. The van der Waals surface area contributed by atoms with E-state index in [4.69, 9.17) is 9.47 Å². The molecule has 1 heterocycles. The van der Waals surface area contributed by atoms with Crippen LogP contribution in [0, 0.1) is 0 Å². The van der Waals surface area contributed by atoms with Crippen molar-refractivity contribution in [3.8, 4) is 5.75 Å². The number of amides is 1. The number of hydrogen-bond donors (Lipinski definition) is 2. The minimum atomic E-state index is 0. The summed E-state index contributed by atoms with van der Waals surface area (Å²) in [4.78, 5) is 18.2. The standard InChI is InChI=1S/C20H32N4O3.HI/c1-3-21-20(22-11-6-13-24-12-5-10-19(24)25)23-17-8-4-9-18(16-17)27-15-7-14-26-2;/h4,8-9,16H,3,5-7,10-15H2,1-2H3,(H2,21,22,23);1H. The highest BCUT2D eigenvalue weighted by atomic mass is 127. The lowest BCUT2D eigenvalue weighted by atomic mass is 10.3. The summed E-state index contributed by atoms with van der Waals surface area (Å²) in [6.07, 6.45) is 3.40. The maximum Gasteiger partial charge on any atom is 0.222 e. The summed E-state index contributed by atoms with van der Waals surface area (Å²) in [6.45, 7) is 6.48. The van der Waals surface area contributed by atoms with Gasteiger partial charge in [0, 0.05) is 64.5 Å². The van der Waals surface area contributed by atoms with Crippen LogP contribution in [-0.4, -0.2) is 63.3 Å². The summed E-state index contributed by atoms with van der Waals surface area (Å²) in [5.41, 5.74) is 0.925. The van der Waals surface area contributed by atoms with Crippen molar-refractivity contribution >= 4 is 41.5 Å². The topological polar surface area (TPSA) is 75.2 Å². The molecule has 1 amide bonds. The first-order valence-corrected chi connectivity index (χ1v) is 9.78. The molecule has 1 fully saturated rings. The molecule has 7 nitrogen and oxygen atoms in total. The van der Waals surface area contributed by atoms with Crippen LogP contribution in [0.3, 0.4) is 0 Å². The number of methoxy groups -OCH3 is 1. The Morgan fingerprint density at radius 3 is 2.86 bits per heavy atom. The molecule has 1 aromatic carbocycles. The summed E-state index contributed by atoms with van der Waals surface area (Å²) in [5.74, 6) is 1.83. The molecule has 0 atom stereocenters. The number of ether oxygens (including phenoxy) is 2. The van der Waals surface area contributed by atoms with Gasteiger partial charge in [-0.05, 0) is 31.9 Å². The van der Waals surface area contributed by atoms with E-state index in [0.717, 1.165) is 56.3 Å². The second-order valence-electron chi connectivity index (χ2n) is 6.45. The predicted molar refractivity (Wildman–Crippen MR) is 124 cm³/mol. The molecule has 0 spiro atoms. The van der Waals surface area contributed by atoms with Crippen LogP contribution in [0.15, 0.2) is 29.3 Å². The lowest BCUT2D eigenvalue weighted by Crippen LogP contribution is -2.31. The normalized spacial score (nSPS) is 14.0. The van der Waals surface area contributed by atoms with Gasteiger partial charge in [0.15, 0.2) is 5.96 Å². The number of likely N-dealkylation sites (tertiary alicyclic amines) is 1. The van der Waals surface area contributed by atoms with Crippen molar-refractivity contribution in [3.63, 3.8) is 0 Å². The van der Waals surface area contributed by atoms with Crippen LogP contribution in [0.4, 0.5) is 5.69 Å². The lowest BCUT2D eigenvalue weighted by Gasteiger charge is -2.15. The third-order valence-corrected chi connectivity index (χ3v) is 4.23. The Morgan fingerprint density at radius 2 is 2.14 bits per heavy atom. The molecule has 0 unspecified atom stereocenters. The summed E-state index contributed by atoms with van der Waals surface area (Å²) in [5, 5.41) is 6.56. The van der Waals surface area contributed by atoms with Gasteiger partial charge in [-0.1, -0.05) is 6.07 Å². The number of halogens is 1. The largest absolute Gasteiger partial charge is 0.493 e. The van der Waals surface area contributed by atoms with E-state index in [2.05, 4.69) is 15.6 Å². The first kappa shape index (κ1) is 24.5. The third-order valence-electron chi connectivity index (χ3n) is 4.23. The van der Waals surface area contributed by atoms with E-state index in [9.17, 15) is 4.79 Å². The van der Waals surface area contributed by atoms with Gasteiger partial charge in [-0.3, -0.25) is 9.79 Å². The highest BCUT2D eigenvalue weighted by Gasteiger charge is 2.18. The molecule has 0 aliphatic carbocycles. The highest BCUT2D eigenvalue weighted by molar-refractivity contribution is 14.0. The fraction of sp³-hybridized carbons (Fsp3) is 0.600. The number of hydrogen-bond acceptors (Lipinski definition) is 4. The fourth-order valence-corrected chi connectivity index (χ4v) is 2.89. The van der Waals surface area contributed by atoms with Crippen LogP contribution >= 0.6 is 24.0 Å². The van der Waals surface area contributed by atoms with Crippen LogP contribution in [0.2, 0.25) is 0 Å². The minimum absolute atomic E-state index is 0. The van der Waals surface area contributed by atoms with Crippen molar-refractivity contribution in [1.29, 1.82) is 0 Å². The van der Waals surface area contributed by atoms with E-state index in [1.807, 2.05) is 36.1 Å². The van der Waals surface area contributed by atoms with Crippen LogP contribution in [0.25, 0.3) is 0 Å². The zero-order valence-corrected chi connectivity index (χ0v) is 19.2. The van der Waals surface area contributed by atoms with Crippen molar-refractivity contribution in [2.45, 2.75) is 32.6 Å². The maximum atomic E-state index is 11.6. The summed E-state index contributed by atoms with van der Waals surface area (Å²) in [7, 11) is 1.69. The molecule has 158 valence electrons. The number of rotatable bonds is 11. The van der Waals surface area contributed by atoms with Crippen LogP contribution < -0.4 is 15.4 Å². The molecule has 2 rings (SSSR count). The van der Waals surface area contributed by atoms with E-state index in [-0.39, 0.29) is 29.9 Å². The fourth-order valence-electron chi connectivity index (χ4n) is 2.89. The molecule has 2 N–H and O–H groups in total. The molecule has 28 heavy (non-hydrogen) atoms. The quantitative estimate of drug-likeness (QED) is 0.210. The Balaban J connectivity index is 0.00000392. The number of guanidine groups is 1. The smallest absolute Gasteiger partial charge is 0.222 e. The Labute approximate surface area is 185 Å². The van der Waals surface area contributed by atoms with Crippen LogP contribution in [0.5, 0.6) is 5.75 Å². The number of carbonyl (C=O) groups is 1. The average Bonchev–Trinajstić information content (AvgIpc) is 3.08. The van der Waals surface area contributed by atoms with Crippen molar-refractivity contribution in [3.05, 3.63) is 24.3 Å². The van der Waals surface area contributed by atoms with E-state index in [1.54, 1.807) is 7.11 Å². The second-order valence-corrected chi connectivity index (χ2v) is 6.45. The summed E-state index contributed by atoms with van der Waals surface area (Å²) >= 11 is 0. The molecule has 0 bridgehead atoms. The van der Waals surface area contributed by atoms with Crippen molar-refractivity contribution in [1.82, 2.24) is 10.2 Å². The van der Waals surface area contributed by atoms with Crippen LogP contribution in [-0.2, 0) is 9.53 Å². The minimum Gasteiger partial charge on any atom is -0.493 e. The number of aliphatic imine (C=N–C) groups is 1. The summed E-state index contributed by atoms with van der Waals surface area (Å²) < 4.78 is 10.8. The second kappa shape index (κ2) is 14.4. The molecular weight excluding hydrogens is 471 g/mol. The van der Waals surface area contributed by atoms with Crippen molar-refractivity contribution < 1.29 is 14.3 Å². The number of benzene rings is 1. The monoisotopic (exact) mass is 504 g/mol. The van der Waals surface area contributed by atoms with Gasteiger partial charge in [0.2, 0.25) is 5.91 Å². The van der Waals surface area contributed by atoms with Gasteiger partial charge in [0.05, 0.1) is 6.61 Å². The van der Waals surface area contributed by atoms with Gasteiger partial charge in [0.1, 0.15) is 5.75 Å². The number of nitrogens with zero attached hydrogens (tertiary/aromatic N) is 2. The highest BCUT2D eigenvalue weighted by Crippen LogP contribution is 2.17.